The zero-order chi connectivity index (χ0) is 24.6. The van der Waals surface area contributed by atoms with Crippen LogP contribution in [0.25, 0.3) is 27.5 Å². The van der Waals surface area contributed by atoms with Crippen LogP contribution in [-0.2, 0) is 0 Å². The van der Waals surface area contributed by atoms with Crippen LogP contribution in [0.3, 0.4) is 0 Å². The molecule has 6 rings (SSSR count). The summed E-state index contributed by atoms with van der Waals surface area (Å²) in [5.74, 6) is 1.15. The average molecular weight is 470 g/mol. The van der Waals surface area contributed by atoms with Crippen LogP contribution in [-0.4, -0.2) is 20.8 Å². The number of aryl methyl sites for hydroxylation is 1. The minimum Gasteiger partial charge on any atom is -0.359 e. The molecule has 3 aromatic heterocycles. The van der Waals surface area contributed by atoms with Gasteiger partial charge in [0.1, 0.15) is 5.84 Å². The highest BCUT2D eigenvalue weighted by molar-refractivity contribution is 6.15. The molecular formula is C31H27N5. The quantitative estimate of drug-likeness (QED) is 0.296. The predicted molar refractivity (Wildman–Crippen MR) is 147 cm³/mol. The van der Waals surface area contributed by atoms with Crippen molar-refractivity contribution in [1.82, 2.24) is 20.3 Å². The molecule has 1 atom stereocenters. The van der Waals surface area contributed by atoms with Gasteiger partial charge in [0.05, 0.1) is 28.5 Å². The van der Waals surface area contributed by atoms with E-state index in [2.05, 4.69) is 84.8 Å². The zero-order valence-electron chi connectivity index (χ0n) is 20.6. The van der Waals surface area contributed by atoms with Crippen molar-refractivity contribution in [2.45, 2.75) is 32.7 Å². The van der Waals surface area contributed by atoms with Crippen LogP contribution >= 0.6 is 0 Å². The Bertz CT molecular complexity index is 1640. The molecule has 5 nitrogen and oxygen atoms in total. The van der Waals surface area contributed by atoms with E-state index in [4.69, 9.17) is 15.0 Å². The molecule has 5 aromatic rings. The van der Waals surface area contributed by atoms with E-state index >= 15 is 0 Å². The first kappa shape index (κ1) is 22.1. The van der Waals surface area contributed by atoms with E-state index in [0.717, 1.165) is 56.0 Å². The second-order valence-corrected chi connectivity index (χ2v) is 9.50. The molecule has 0 bridgehead atoms. The van der Waals surface area contributed by atoms with Crippen molar-refractivity contribution >= 4 is 33.3 Å². The van der Waals surface area contributed by atoms with E-state index in [9.17, 15) is 0 Å². The highest BCUT2D eigenvalue weighted by Gasteiger charge is 2.22. The molecule has 2 aromatic carbocycles. The number of amidine groups is 1. The van der Waals surface area contributed by atoms with Gasteiger partial charge in [-0.3, -0.25) is 15.0 Å². The standard InChI is InChI=1S/C31H27N5/c1-19(2)25-15-13-22-12-14-23-24(17-20(3)33-30(23)29(22)34-25)31-35-27(21-9-5-4-6-10-21)18-28(36-31)26-11-7-8-16-32-26/h4-19,27H,1-3H3,(H,35,36). The molecule has 0 saturated carbocycles. The summed E-state index contributed by atoms with van der Waals surface area (Å²) in [6, 6.07) is 26.9. The Balaban J connectivity index is 1.56. The molecule has 1 N–H and O–H groups in total. The van der Waals surface area contributed by atoms with Gasteiger partial charge in [0.15, 0.2) is 0 Å². The Morgan fingerprint density at radius 1 is 0.833 bits per heavy atom. The highest BCUT2D eigenvalue weighted by atomic mass is 15.1. The summed E-state index contributed by atoms with van der Waals surface area (Å²) in [7, 11) is 0. The van der Waals surface area contributed by atoms with Crippen LogP contribution in [0.15, 0.2) is 96.1 Å². The lowest BCUT2D eigenvalue weighted by atomic mass is 9.99. The Kier molecular flexibility index (Phi) is 5.53. The van der Waals surface area contributed by atoms with Crippen molar-refractivity contribution < 1.29 is 0 Å². The zero-order valence-corrected chi connectivity index (χ0v) is 20.6. The van der Waals surface area contributed by atoms with Crippen LogP contribution < -0.4 is 5.32 Å². The molecule has 176 valence electrons. The van der Waals surface area contributed by atoms with Crippen molar-refractivity contribution in [1.29, 1.82) is 0 Å². The van der Waals surface area contributed by atoms with E-state index < -0.39 is 0 Å². The van der Waals surface area contributed by atoms with Gasteiger partial charge >= 0.3 is 0 Å². The number of pyridine rings is 3. The number of nitrogens with one attached hydrogen (secondary N) is 1. The number of aliphatic imine (C=N–C) groups is 1. The third-order valence-corrected chi connectivity index (χ3v) is 6.57. The summed E-state index contributed by atoms with van der Waals surface area (Å²) in [4.78, 5) is 19.6. The number of benzene rings is 2. The van der Waals surface area contributed by atoms with Gasteiger partial charge in [-0.25, -0.2) is 4.99 Å². The van der Waals surface area contributed by atoms with Crippen molar-refractivity contribution in [3.8, 4) is 0 Å². The number of aromatic nitrogens is 3. The van der Waals surface area contributed by atoms with Gasteiger partial charge < -0.3 is 5.32 Å². The second kappa shape index (κ2) is 9.00. The second-order valence-electron chi connectivity index (χ2n) is 9.50. The molecule has 1 aliphatic heterocycles. The third-order valence-electron chi connectivity index (χ3n) is 6.57. The smallest absolute Gasteiger partial charge is 0.135 e. The molecule has 1 unspecified atom stereocenters. The fraction of sp³-hybridized carbons (Fsp3) is 0.161. The van der Waals surface area contributed by atoms with Crippen molar-refractivity contribution in [2.24, 2.45) is 4.99 Å². The SMILES string of the molecule is Cc1cc(C2=NC(c3ccccn3)=CC(c3ccccc3)N2)c2ccc3ccc(C(C)C)nc3c2n1. The van der Waals surface area contributed by atoms with E-state index in [1.807, 2.05) is 31.2 Å². The highest BCUT2D eigenvalue weighted by Crippen LogP contribution is 2.31. The van der Waals surface area contributed by atoms with Crippen LogP contribution in [0.4, 0.5) is 0 Å². The predicted octanol–water partition coefficient (Wildman–Crippen LogP) is 6.74. The van der Waals surface area contributed by atoms with Crippen molar-refractivity contribution in [2.75, 3.05) is 0 Å². The van der Waals surface area contributed by atoms with Gasteiger partial charge in [-0.15, -0.1) is 0 Å². The molecular weight excluding hydrogens is 442 g/mol. The largest absolute Gasteiger partial charge is 0.359 e. The summed E-state index contributed by atoms with van der Waals surface area (Å²) in [5, 5.41) is 5.80. The Hall–Kier alpha value is -4.38. The molecule has 0 aliphatic carbocycles. The number of fused-ring (bicyclic) bond motifs is 3. The number of hydrogen-bond donors (Lipinski definition) is 1. The van der Waals surface area contributed by atoms with Gasteiger partial charge in [0.2, 0.25) is 0 Å². The lowest BCUT2D eigenvalue weighted by molar-refractivity contribution is 0.780. The first-order valence-electron chi connectivity index (χ1n) is 12.3. The van der Waals surface area contributed by atoms with Crippen LogP contribution in [0.1, 0.15) is 54.0 Å². The van der Waals surface area contributed by atoms with E-state index in [1.165, 1.54) is 5.56 Å². The first-order chi connectivity index (χ1) is 17.6. The lowest BCUT2D eigenvalue weighted by Gasteiger charge is -2.25. The van der Waals surface area contributed by atoms with Crippen LogP contribution in [0.2, 0.25) is 0 Å². The molecule has 5 heteroatoms. The summed E-state index contributed by atoms with van der Waals surface area (Å²) in [6.07, 6.45) is 3.95. The monoisotopic (exact) mass is 469 g/mol. The van der Waals surface area contributed by atoms with Gasteiger partial charge in [0, 0.05) is 33.9 Å². The normalized spacial score (nSPS) is 15.6. The lowest BCUT2D eigenvalue weighted by Crippen LogP contribution is -2.31. The summed E-state index contributed by atoms with van der Waals surface area (Å²) >= 11 is 0. The molecule has 4 heterocycles. The summed E-state index contributed by atoms with van der Waals surface area (Å²) < 4.78 is 0. The summed E-state index contributed by atoms with van der Waals surface area (Å²) in [6.45, 7) is 6.36. The van der Waals surface area contributed by atoms with Crippen LogP contribution in [0, 0.1) is 6.92 Å². The molecule has 0 spiro atoms. The molecule has 1 aliphatic rings. The maximum Gasteiger partial charge on any atom is 0.135 e. The number of nitrogens with zero attached hydrogens (tertiary/aromatic N) is 4. The molecule has 0 saturated heterocycles. The molecule has 0 fully saturated rings. The third kappa shape index (κ3) is 4.03. The van der Waals surface area contributed by atoms with Crippen LogP contribution in [0.5, 0.6) is 0 Å². The fourth-order valence-electron chi connectivity index (χ4n) is 4.70. The molecule has 36 heavy (non-hydrogen) atoms. The van der Waals surface area contributed by atoms with Crippen molar-refractivity contribution in [3.05, 3.63) is 119 Å². The van der Waals surface area contributed by atoms with Gasteiger partial charge in [-0.05, 0) is 48.7 Å². The maximum atomic E-state index is 5.07. The Labute approximate surface area is 210 Å². The van der Waals surface area contributed by atoms with Gasteiger partial charge in [-0.1, -0.05) is 68.4 Å². The van der Waals surface area contributed by atoms with E-state index in [0.29, 0.717) is 5.92 Å². The summed E-state index contributed by atoms with van der Waals surface area (Å²) in [5.41, 5.74) is 7.71. The fourth-order valence-corrected chi connectivity index (χ4v) is 4.70. The number of rotatable bonds is 4. The average Bonchev–Trinajstić information content (AvgIpc) is 2.93. The maximum absolute atomic E-state index is 5.07. The van der Waals surface area contributed by atoms with E-state index in [-0.39, 0.29) is 6.04 Å². The molecule has 0 radical (unpaired) electrons. The Morgan fingerprint density at radius 2 is 1.64 bits per heavy atom. The van der Waals surface area contributed by atoms with Crippen molar-refractivity contribution in [3.63, 3.8) is 0 Å². The topological polar surface area (TPSA) is 63.1 Å². The van der Waals surface area contributed by atoms with Gasteiger partial charge in [-0.2, -0.15) is 0 Å². The molecule has 0 amide bonds. The first-order valence-corrected chi connectivity index (χ1v) is 12.3. The van der Waals surface area contributed by atoms with E-state index in [1.54, 1.807) is 6.20 Å². The minimum atomic E-state index is -0.0367. The minimum absolute atomic E-state index is 0.0367. The van der Waals surface area contributed by atoms with Gasteiger partial charge in [0.25, 0.3) is 0 Å². The number of hydrogen-bond acceptors (Lipinski definition) is 5. The Morgan fingerprint density at radius 3 is 2.42 bits per heavy atom.